The van der Waals surface area contributed by atoms with Crippen molar-refractivity contribution in [2.75, 3.05) is 7.11 Å². The normalized spacial score (nSPS) is 52.7. The molecule has 5 rings (SSSR count). The molecule has 4 aliphatic carbocycles. The predicted octanol–water partition coefficient (Wildman–Crippen LogP) is 4.84. The van der Waals surface area contributed by atoms with Crippen LogP contribution in [-0.2, 0) is 9.47 Å². The molecule has 0 aromatic carbocycles. The zero-order valence-corrected chi connectivity index (χ0v) is 19.0. The SMILES string of the molecule is C=C1C=CC([C@H]2CC[C@]3(O)[C@@H]4CC[C@]5(N)C[C@@H](OC)CC[C@]5(C)[C@H]4CC[C@]23C)=CO1. The molecule has 3 N–H and O–H groups in total. The third-order valence-electron chi connectivity index (χ3n) is 10.6. The summed E-state index contributed by atoms with van der Waals surface area (Å²) in [6, 6.07) is 0. The molecule has 0 radical (unpaired) electrons. The second-order valence-electron chi connectivity index (χ2n) is 11.4. The highest BCUT2D eigenvalue weighted by molar-refractivity contribution is 5.34. The third-order valence-corrected chi connectivity index (χ3v) is 10.6. The topological polar surface area (TPSA) is 64.7 Å². The summed E-state index contributed by atoms with van der Waals surface area (Å²) in [7, 11) is 1.82. The standard InChI is InChI=1S/C26H39NO3/c1-17-5-6-18(16-30-17)20-10-14-26(28)22-9-13-25(27)15-19(29-4)7-11-23(25,2)21(22)8-12-24(20,26)3/h5-6,16,19-22,28H,1,7-15,27H2,2-4H3/t19-,20+,21-,22+,23+,24+,25-,26-/m0/s1. The Morgan fingerprint density at radius 1 is 1.03 bits per heavy atom. The minimum absolute atomic E-state index is 0.0882. The number of hydrogen-bond acceptors (Lipinski definition) is 4. The Bertz CT molecular complexity index is 804. The Kier molecular flexibility index (Phi) is 4.64. The van der Waals surface area contributed by atoms with Crippen LogP contribution in [0.25, 0.3) is 0 Å². The van der Waals surface area contributed by atoms with E-state index in [1.54, 1.807) is 0 Å². The number of fused-ring (bicyclic) bond motifs is 5. The fourth-order valence-corrected chi connectivity index (χ4v) is 8.61. The van der Waals surface area contributed by atoms with E-state index in [9.17, 15) is 5.11 Å². The summed E-state index contributed by atoms with van der Waals surface area (Å²) in [6.07, 6.45) is 15.6. The molecular weight excluding hydrogens is 374 g/mol. The molecule has 0 amide bonds. The van der Waals surface area contributed by atoms with Gasteiger partial charge in [-0.05, 0) is 92.6 Å². The van der Waals surface area contributed by atoms with E-state index in [-0.39, 0.29) is 22.5 Å². The van der Waals surface area contributed by atoms with Gasteiger partial charge in [0, 0.05) is 18.1 Å². The second-order valence-corrected chi connectivity index (χ2v) is 11.4. The summed E-state index contributed by atoms with van der Waals surface area (Å²) in [6.45, 7) is 8.65. The summed E-state index contributed by atoms with van der Waals surface area (Å²) in [5.74, 6) is 1.87. The number of rotatable bonds is 2. The Labute approximate surface area is 181 Å². The molecule has 0 unspecified atom stereocenters. The molecule has 1 aliphatic heterocycles. The number of aliphatic hydroxyl groups is 1. The maximum Gasteiger partial charge on any atom is 0.119 e. The molecule has 4 saturated carbocycles. The van der Waals surface area contributed by atoms with Crippen molar-refractivity contribution in [2.24, 2.45) is 34.3 Å². The first-order valence-corrected chi connectivity index (χ1v) is 11.9. The Balaban J connectivity index is 1.46. The average Bonchev–Trinajstić information content (AvgIpc) is 3.00. The highest BCUT2D eigenvalue weighted by atomic mass is 16.5. The Morgan fingerprint density at radius 3 is 2.47 bits per heavy atom. The maximum absolute atomic E-state index is 12.3. The van der Waals surface area contributed by atoms with Crippen LogP contribution in [0.5, 0.6) is 0 Å². The molecule has 0 aromatic heterocycles. The number of allylic oxidation sites excluding steroid dienone is 3. The lowest BCUT2D eigenvalue weighted by Crippen LogP contribution is -2.70. The van der Waals surface area contributed by atoms with Gasteiger partial charge in [-0.15, -0.1) is 0 Å². The van der Waals surface area contributed by atoms with Crippen molar-refractivity contribution < 1.29 is 14.6 Å². The molecule has 4 nitrogen and oxygen atoms in total. The smallest absolute Gasteiger partial charge is 0.119 e. The van der Waals surface area contributed by atoms with Crippen LogP contribution in [0.2, 0.25) is 0 Å². The van der Waals surface area contributed by atoms with E-state index < -0.39 is 5.60 Å². The zero-order valence-electron chi connectivity index (χ0n) is 19.0. The quantitative estimate of drug-likeness (QED) is 0.680. The molecule has 4 heteroatoms. The molecule has 0 spiro atoms. The van der Waals surface area contributed by atoms with Crippen LogP contribution in [-0.4, -0.2) is 29.5 Å². The first-order valence-electron chi connectivity index (χ1n) is 11.9. The van der Waals surface area contributed by atoms with E-state index in [0.29, 0.717) is 23.5 Å². The Morgan fingerprint density at radius 2 is 1.77 bits per heavy atom. The number of nitrogens with two attached hydrogens (primary N) is 1. The van der Waals surface area contributed by atoms with Gasteiger partial charge in [0.15, 0.2) is 0 Å². The van der Waals surface area contributed by atoms with Crippen LogP contribution < -0.4 is 5.73 Å². The van der Waals surface area contributed by atoms with Crippen molar-refractivity contribution in [3.8, 4) is 0 Å². The lowest BCUT2D eigenvalue weighted by Gasteiger charge is -2.66. The number of ether oxygens (including phenoxy) is 2. The van der Waals surface area contributed by atoms with E-state index in [1.807, 2.05) is 19.4 Å². The minimum Gasteiger partial charge on any atom is -0.465 e. The second kappa shape index (κ2) is 6.70. The highest BCUT2D eigenvalue weighted by Gasteiger charge is 2.69. The van der Waals surface area contributed by atoms with Gasteiger partial charge in [-0.25, -0.2) is 0 Å². The molecule has 166 valence electrons. The van der Waals surface area contributed by atoms with E-state index in [1.165, 1.54) is 5.57 Å². The van der Waals surface area contributed by atoms with E-state index >= 15 is 0 Å². The summed E-state index contributed by atoms with van der Waals surface area (Å²) >= 11 is 0. The maximum atomic E-state index is 12.3. The summed E-state index contributed by atoms with van der Waals surface area (Å²) in [4.78, 5) is 0. The highest BCUT2D eigenvalue weighted by Crippen LogP contribution is 2.70. The molecule has 0 bridgehead atoms. The van der Waals surface area contributed by atoms with Crippen LogP contribution in [0, 0.1) is 28.6 Å². The van der Waals surface area contributed by atoms with Crippen molar-refractivity contribution in [1.29, 1.82) is 0 Å². The van der Waals surface area contributed by atoms with Crippen LogP contribution in [0.1, 0.15) is 71.6 Å². The molecule has 5 aliphatic rings. The molecule has 0 aromatic rings. The lowest BCUT2D eigenvalue weighted by atomic mass is 9.41. The van der Waals surface area contributed by atoms with Crippen molar-refractivity contribution in [3.05, 3.63) is 36.3 Å². The van der Waals surface area contributed by atoms with Crippen molar-refractivity contribution in [2.45, 2.75) is 88.9 Å². The van der Waals surface area contributed by atoms with Crippen LogP contribution in [0.3, 0.4) is 0 Å². The molecule has 30 heavy (non-hydrogen) atoms. The van der Waals surface area contributed by atoms with Crippen molar-refractivity contribution in [3.63, 3.8) is 0 Å². The molecule has 1 heterocycles. The number of hydrogen-bond donors (Lipinski definition) is 2. The van der Waals surface area contributed by atoms with Crippen molar-refractivity contribution >= 4 is 0 Å². The van der Waals surface area contributed by atoms with E-state index in [2.05, 4.69) is 26.5 Å². The van der Waals surface area contributed by atoms with E-state index in [0.717, 1.165) is 57.8 Å². The zero-order chi connectivity index (χ0) is 21.4. The van der Waals surface area contributed by atoms with Gasteiger partial charge in [0.05, 0.1) is 18.0 Å². The van der Waals surface area contributed by atoms with Gasteiger partial charge in [-0.3, -0.25) is 0 Å². The largest absolute Gasteiger partial charge is 0.465 e. The Hall–Kier alpha value is -1.10. The van der Waals surface area contributed by atoms with Gasteiger partial charge >= 0.3 is 0 Å². The van der Waals surface area contributed by atoms with Gasteiger partial charge < -0.3 is 20.3 Å². The monoisotopic (exact) mass is 413 g/mol. The van der Waals surface area contributed by atoms with E-state index in [4.69, 9.17) is 15.2 Å². The summed E-state index contributed by atoms with van der Waals surface area (Å²) in [5.41, 5.74) is 7.55. The van der Waals surface area contributed by atoms with Gasteiger partial charge in [0.1, 0.15) is 5.76 Å². The summed E-state index contributed by atoms with van der Waals surface area (Å²) in [5, 5.41) is 12.3. The van der Waals surface area contributed by atoms with Crippen LogP contribution in [0.15, 0.2) is 36.3 Å². The van der Waals surface area contributed by atoms with Crippen LogP contribution in [0.4, 0.5) is 0 Å². The fraction of sp³-hybridized carbons (Fsp3) is 0.769. The fourth-order valence-electron chi connectivity index (χ4n) is 8.61. The molecule has 4 fully saturated rings. The molecular formula is C26H39NO3. The molecule has 8 atom stereocenters. The third kappa shape index (κ3) is 2.56. The van der Waals surface area contributed by atoms with Gasteiger partial charge in [-0.1, -0.05) is 26.5 Å². The molecule has 0 saturated heterocycles. The number of methoxy groups -OCH3 is 1. The van der Waals surface area contributed by atoms with Crippen LogP contribution >= 0.6 is 0 Å². The van der Waals surface area contributed by atoms with Crippen molar-refractivity contribution in [1.82, 2.24) is 0 Å². The van der Waals surface area contributed by atoms with Gasteiger partial charge in [0.2, 0.25) is 0 Å². The van der Waals surface area contributed by atoms with Gasteiger partial charge in [0.25, 0.3) is 0 Å². The predicted molar refractivity (Wildman–Crippen MR) is 118 cm³/mol. The lowest BCUT2D eigenvalue weighted by molar-refractivity contribution is -0.213. The van der Waals surface area contributed by atoms with Gasteiger partial charge in [-0.2, -0.15) is 0 Å². The summed E-state index contributed by atoms with van der Waals surface area (Å²) < 4.78 is 11.4. The average molecular weight is 414 g/mol. The first-order chi connectivity index (χ1) is 14.2. The minimum atomic E-state index is -0.619. The first kappa shape index (κ1) is 20.8.